The molecule has 4 nitrogen and oxygen atoms in total. The summed E-state index contributed by atoms with van der Waals surface area (Å²) < 4.78 is 0. The van der Waals surface area contributed by atoms with E-state index in [9.17, 15) is 4.79 Å². The molecule has 94 valence electrons. The number of nitriles is 1. The second-order valence-electron chi connectivity index (χ2n) is 4.28. The second kappa shape index (κ2) is 6.43. The van der Waals surface area contributed by atoms with Crippen LogP contribution in [0, 0.1) is 17.2 Å². The summed E-state index contributed by atoms with van der Waals surface area (Å²) in [6.45, 7) is 2.14. The molecule has 0 bridgehead atoms. The largest absolute Gasteiger partial charge is 0.325 e. The molecule has 1 fully saturated rings. The second-order valence-corrected chi connectivity index (χ2v) is 5.31. The predicted molar refractivity (Wildman–Crippen MR) is 73.5 cm³/mol. The number of hydrogen-bond acceptors (Lipinski definition) is 4. The van der Waals surface area contributed by atoms with E-state index in [1.54, 1.807) is 36.0 Å². The number of nitrogens with one attached hydrogen (secondary N) is 2. The molecule has 2 rings (SSSR count). The molecule has 0 atom stereocenters. The van der Waals surface area contributed by atoms with Gasteiger partial charge in [-0.15, -0.1) is 0 Å². The number of amides is 1. The van der Waals surface area contributed by atoms with Gasteiger partial charge in [-0.1, -0.05) is 6.07 Å². The quantitative estimate of drug-likeness (QED) is 0.842. The van der Waals surface area contributed by atoms with Gasteiger partial charge < -0.3 is 10.6 Å². The molecule has 1 aliphatic rings. The predicted octanol–water partition coefficient (Wildman–Crippen LogP) is 1.45. The van der Waals surface area contributed by atoms with Gasteiger partial charge in [0.25, 0.3) is 0 Å². The lowest BCUT2D eigenvalue weighted by Gasteiger charge is -2.26. The maximum atomic E-state index is 11.7. The van der Waals surface area contributed by atoms with Crippen molar-refractivity contribution in [3.05, 3.63) is 29.8 Å². The summed E-state index contributed by atoms with van der Waals surface area (Å²) in [5.41, 5.74) is 1.24. The Balaban J connectivity index is 1.74. The van der Waals surface area contributed by atoms with Crippen LogP contribution < -0.4 is 10.6 Å². The maximum Gasteiger partial charge on any atom is 0.234 e. The monoisotopic (exact) mass is 261 g/mol. The van der Waals surface area contributed by atoms with Crippen LogP contribution in [0.3, 0.4) is 0 Å². The number of carbonyl (C=O) groups excluding carboxylic acids is 1. The summed E-state index contributed by atoms with van der Waals surface area (Å²) in [7, 11) is 0. The molecule has 0 radical (unpaired) electrons. The highest BCUT2D eigenvalue weighted by molar-refractivity contribution is 7.99. The van der Waals surface area contributed by atoms with Gasteiger partial charge in [0.15, 0.2) is 0 Å². The van der Waals surface area contributed by atoms with Gasteiger partial charge in [0, 0.05) is 5.69 Å². The Bertz CT molecular complexity index is 466. The van der Waals surface area contributed by atoms with E-state index in [2.05, 4.69) is 16.7 Å². The van der Waals surface area contributed by atoms with E-state index in [1.165, 1.54) is 0 Å². The number of anilines is 1. The molecule has 0 saturated carbocycles. The molecule has 1 amide bonds. The van der Waals surface area contributed by atoms with Crippen molar-refractivity contribution in [3.63, 3.8) is 0 Å². The average Bonchev–Trinajstić information content (AvgIpc) is 2.32. The molecular formula is C13H15N3OS. The van der Waals surface area contributed by atoms with Crippen molar-refractivity contribution in [2.45, 2.75) is 0 Å². The van der Waals surface area contributed by atoms with Crippen LogP contribution in [0.15, 0.2) is 24.3 Å². The van der Waals surface area contributed by atoms with Crippen LogP contribution in [0.2, 0.25) is 0 Å². The van der Waals surface area contributed by atoms with Crippen LogP contribution in [0.1, 0.15) is 5.56 Å². The lowest BCUT2D eigenvalue weighted by molar-refractivity contribution is -0.113. The summed E-state index contributed by atoms with van der Waals surface area (Å²) in [6.07, 6.45) is 0. The average molecular weight is 261 g/mol. The van der Waals surface area contributed by atoms with Crippen molar-refractivity contribution < 1.29 is 4.79 Å². The molecule has 0 spiro atoms. The molecule has 0 aliphatic carbocycles. The van der Waals surface area contributed by atoms with Crippen LogP contribution in [0.25, 0.3) is 0 Å². The summed E-state index contributed by atoms with van der Waals surface area (Å²) in [5.74, 6) is 2.19. The van der Waals surface area contributed by atoms with Crippen LogP contribution in [-0.4, -0.2) is 30.5 Å². The lowest BCUT2D eigenvalue weighted by atomic mass is 10.1. The van der Waals surface area contributed by atoms with E-state index >= 15 is 0 Å². The molecule has 1 aliphatic heterocycles. The van der Waals surface area contributed by atoms with Crippen molar-refractivity contribution >= 4 is 23.4 Å². The molecule has 0 aromatic heterocycles. The normalized spacial score (nSPS) is 14.6. The minimum Gasteiger partial charge on any atom is -0.325 e. The maximum absolute atomic E-state index is 11.7. The highest BCUT2D eigenvalue weighted by atomic mass is 32.2. The lowest BCUT2D eigenvalue weighted by Crippen LogP contribution is -2.43. The minimum atomic E-state index is -0.0117. The molecule has 1 saturated heterocycles. The van der Waals surface area contributed by atoms with Crippen LogP contribution in [0.5, 0.6) is 0 Å². The van der Waals surface area contributed by atoms with E-state index < -0.39 is 0 Å². The smallest absolute Gasteiger partial charge is 0.234 e. The zero-order chi connectivity index (χ0) is 12.8. The zero-order valence-electron chi connectivity index (χ0n) is 9.98. The Labute approximate surface area is 111 Å². The molecular weight excluding hydrogens is 246 g/mol. The third kappa shape index (κ3) is 3.76. The van der Waals surface area contributed by atoms with E-state index in [-0.39, 0.29) is 5.91 Å². The molecule has 0 unspecified atom stereocenters. The van der Waals surface area contributed by atoms with Gasteiger partial charge in [-0.2, -0.15) is 17.0 Å². The number of thioether (sulfide) groups is 1. The van der Waals surface area contributed by atoms with Gasteiger partial charge in [-0.05, 0) is 43.0 Å². The Kier molecular flexibility index (Phi) is 4.62. The fraction of sp³-hybridized carbons (Fsp3) is 0.385. The first-order valence-electron chi connectivity index (χ1n) is 5.86. The summed E-state index contributed by atoms with van der Waals surface area (Å²) in [6, 6.07) is 9.00. The van der Waals surface area contributed by atoms with Crippen LogP contribution >= 0.6 is 11.8 Å². The SMILES string of the molecule is N#Cc1cccc(NC(=O)CSCC2CNC2)c1. The topological polar surface area (TPSA) is 64.9 Å². The Morgan fingerprint density at radius 3 is 3.06 bits per heavy atom. The fourth-order valence-electron chi connectivity index (χ4n) is 1.65. The molecule has 1 aromatic carbocycles. The van der Waals surface area contributed by atoms with E-state index in [0.29, 0.717) is 22.9 Å². The third-order valence-electron chi connectivity index (χ3n) is 2.73. The minimum absolute atomic E-state index is 0.0117. The first kappa shape index (κ1) is 12.9. The number of hydrogen-bond donors (Lipinski definition) is 2. The molecule has 2 N–H and O–H groups in total. The van der Waals surface area contributed by atoms with E-state index in [1.807, 2.05) is 0 Å². The van der Waals surface area contributed by atoms with E-state index in [0.717, 1.165) is 18.8 Å². The standard InChI is InChI=1S/C13H15N3OS/c14-5-10-2-1-3-12(4-10)16-13(17)9-18-8-11-6-15-7-11/h1-4,11,15H,6-9H2,(H,16,17). The van der Waals surface area contributed by atoms with Gasteiger partial charge >= 0.3 is 0 Å². The van der Waals surface area contributed by atoms with Crippen molar-refractivity contribution in [2.75, 3.05) is 29.9 Å². The highest BCUT2D eigenvalue weighted by Gasteiger charge is 2.16. The van der Waals surface area contributed by atoms with E-state index in [4.69, 9.17) is 5.26 Å². The zero-order valence-corrected chi connectivity index (χ0v) is 10.8. The highest BCUT2D eigenvalue weighted by Crippen LogP contribution is 2.14. The van der Waals surface area contributed by atoms with Crippen LogP contribution in [0.4, 0.5) is 5.69 Å². The Hall–Kier alpha value is -1.51. The number of benzene rings is 1. The Morgan fingerprint density at radius 1 is 1.56 bits per heavy atom. The van der Waals surface area contributed by atoms with Gasteiger partial charge in [0.1, 0.15) is 0 Å². The third-order valence-corrected chi connectivity index (χ3v) is 3.90. The van der Waals surface area contributed by atoms with Gasteiger partial charge in [0.05, 0.1) is 17.4 Å². The summed E-state index contributed by atoms with van der Waals surface area (Å²) in [5, 5.41) is 14.8. The number of rotatable bonds is 5. The van der Waals surface area contributed by atoms with Gasteiger partial charge in [0.2, 0.25) is 5.91 Å². The summed E-state index contributed by atoms with van der Waals surface area (Å²) >= 11 is 1.66. The molecule has 5 heteroatoms. The molecule has 1 heterocycles. The van der Waals surface area contributed by atoms with Crippen molar-refractivity contribution in [1.29, 1.82) is 5.26 Å². The van der Waals surface area contributed by atoms with Crippen molar-refractivity contribution in [1.82, 2.24) is 5.32 Å². The number of nitrogens with zero attached hydrogens (tertiary/aromatic N) is 1. The van der Waals surface area contributed by atoms with Gasteiger partial charge in [-0.3, -0.25) is 4.79 Å². The van der Waals surface area contributed by atoms with Gasteiger partial charge in [-0.25, -0.2) is 0 Å². The Morgan fingerprint density at radius 2 is 2.39 bits per heavy atom. The molecule has 1 aromatic rings. The first-order valence-corrected chi connectivity index (χ1v) is 7.02. The fourth-order valence-corrected chi connectivity index (χ4v) is 2.59. The first-order chi connectivity index (χ1) is 8.78. The number of carbonyl (C=O) groups is 1. The van der Waals surface area contributed by atoms with Crippen LogP contribution in [-0.2, 0) is 4.79 Å². The van der Waals surface area contributed by atoms with Crippen molar-refractivity contribution in [2.24, 2.45) is 5.92 Å². The molecule has 18 heavy (non-hydrogen) atoms. The summed E-state index contributed by atoms with van der Waals surface area (Å²) in [4.78, 5) is 11.7. The van der Waals surface area contributed by atoms with Crippen molar-refractivity contribution in [3.8, 4) is 6.07 Å².